The molecular weight excluding hydrogens is 548 g/mol. The highest BCUT2D eigenvalue weighted by Crippen LogP contribution is 2.51. The maximum absolute atomic E-state index is 14.1. The standard InChI is InChI=1S/C27H22BrClN2O3S/c1-26(2)15-27(3,16-8-10-17(28)11-9-16)20-6-4-5-7-21(20)30(26)25(32)24-23(29)19-13-12-18(31(33)34)14-22(19)35-24/h4-14H,15H2,1-3H3. The normalized spacial score (nSPS) is 18.9. The van der Waals surface area contributed by atoms with Gasteiger partial charge in [0.25, 0.3) is 11.6 Å². The van der Waals surface area contributed by atoms with Crippen molar-refractivity contribution in [2.24, 2.45) is 0 Å². The summed E-state index contributed by atoms with van der Waals surface area (Å²) in [5, 5.41) is 12.2. The van der Waals surface area contributed by atoms with Gasteiger partial charge in [0, 0.05) is 43.3 Å². The number of carbonyl (C=O) groups excluding carboxylic acids is 1. The first-order chi connectivity index (χ1) is 16.5. The molecule has 178 valence electrons. The molecule has 5 nitrogen and oxygen atoms in total. The Morgan fingerprint density at radius 2 is 1.77 bits per heavy atom. The summed E-state index contributed by atoms with van der Waals surface area (Å²) in [6.45, 7) is 6.37. The van der Waals surface area contributed by atoms with E-state index in [1.54, 1.807) is 6.07 Å². The van der Waals surface area contributed by atoms with Gasteiger partial charge in [-0.3, -0.25) is 14.9 Å². The third kappa shape index (κ3) is 3.86. The molecule has 35 heavy (non-hydrogen) atoms. The lowest BCUT2D eigenvalue weighted by Gasteiger charge is -2.51. The first-order valence-corrected chi connectivity index (χ1v) is 13.1. The fourth-order valence-electron chi connectivity index (χ4n) is 5.37. The van der Waals surface area contributed by atoms with Gasteiger partial charge in [0.05, 0.1) is 9.95 Å². The second-order valence-corrected chi connectivity index (χ2v) is 12.0. The van der Waals surface area contributed by atoms with Crippen molar-refractivity contribution in [2.45, 2.75) is 38.1 Å². The van der Waals surface area contributed by atoms with E-state index in [4.69, 9.17) is 11.6 Å². The first-order valence-electron chi connectivity index (χ1n) is 11.1. The van der Waals surface area contributed by atoms with Gasteiger partial charge in [-0.15, -0.1) is 11.3 Å². The molecule has 0 N–H and O–H groups in total. The van der Waals surface area contributed by atoms with E-state index in [-0.39, 0.29) is 17.0 Å². The molecule has 1 unspecified atom stereocenters. The van der Waals surface area contributed by atoms with E-state index in [0.717, 1.165) is 15.7 Å². The van der Waals surface area contributed by atoms with E-state index in [1.807, 2.05) is 35.2 Å². The maximum Gasteiger partial charge on any atom is 0.270 e. The number of nitro groups is 1. The number of non-ortho nitro benzene ring substituents is 1. The lowest BCUT2D eigenvalue weighted by Crippen LogP contribution is -2.55. The number of benzene rings is 3. The largest absolute Gasteiger partial charge is 0.302 e. The fourth-order valence-corrected chi connectivity index (χ4v) is 7.11. The third-order valence-corrected chi connectivity index (χ3v) is 9.01. The first kappa shape index (κ1) is 24.0. The van der Waals surface area contributed by atoms with Crippen LogP contribution in [0.15, 0.2) is 71.2 Å². The average Bonchev–Trinajstić information content (AvgIpc) is 3.14. The van der Waals surface area contributed by atoms with Crippen LogP contribution in [0.2, 0.25) is 5.02 Å². The van der Waals surface area contributed by atoms with E-state index < -0.39 is 10.5 Å². The van der Waals surface area contributed by atoms with Gasteiger partial charge in [-0.1, -0.05) is 64.8 Å². The topological polar surface area (TPSA) is 63.5 Å². The van der Waals surface area contributed by atoms with Crippen molar-refractivity contribution in [3.8, 4) is 0 Å². The number of anilines is 1. The minimum atomic E-state index is -0.529. The lowest BCUT2D eigenvalue weighted by atomic mass is 9.65. The molecule has 0 bridgehead atoms. The maximum atomic E-state index is 14.1. The SMILES string of the molecule is CC1(c2ccc(Br)cc2)CC(C)(C)N(C(=O)c2sc3cc([N+](=O)[O-])ccc3c2Cl)c2ccccc21. The van der Waals surface area contributed by atoms with Gasteiger partial charge in [-0.2, -0.15) is 0 Å². The minimum absolute atomic E-state index is 0.0247. The van der Waals surface area contributed by atoms with Crippen LogP contribution in [0.3, 0.4) is 0 Å². The van der Waals surface area contributed by atoms with E-state index >= 15 is 0 Å². The molecule has 0 radical (unpaired) electrons. The zero-order valence-electron chi connectivity index (χ0n) is 19.3. The van der Waals surface area contributed by atoms with Crippen LogP contribution < -0.4 is 4.90 Å². The number of nitrogens with zero attached hydrogens (tertiary/aromatic N) is 2. The molecule has 4 aromatic rings. The summed E-state index contributed by atoms with van der Waals surface area (Å²) in [6, 6.07) is 20.9. The highest BCUT2D eigenvalue weighted by atomic mass is 79.9. The molecule has 0 spiro atoms. The van der Waals surface area contributed by atoms with Crippen LogP contribution in [-0.2, 0) is 5.41 Å². The molecule has 1 atom stereocenters. The number of thiophene rings is 1. The Morgan fingerprint density at radius 1 is 1.09 bits per heavy atom. The Bertz CT molecular complexity index is 1500. The number of hydrogen-bond acceptors (Lipinski definition) is 4. The molecule has 0 saturated heterocycles. The number of nitro benzene ring substituents is 1. The molecule has 3 aromatic carbocycles. The van der Waals surface area contributed by atoms with Crippen LogP contribution in [0.5, 0.6) is 0 Å². The molecule has 1 amide bonds. The summed E-state index contributed by atoms with van der Waals surface area (Å²) in [4.78, 5) is 27.1. The van der Waals surface area contributed by atoms with Gasteiger partial charge in [0.2, 0.25) is 0 Å². The van der Waals surface area contributed by atoms with Gasteiger partial charge in [-0.25, -0.2) is 0 Å². The monoisotopic (exact) mass is 568 g/mol. The summed E-state index contributed by atoms with van der Waals surface area (Å²) in [5.74, 6) is -0.200. The summed E-state index contributed by atoms with van der Waals surface area (Å²) in [5.41, 5.74) is 2.24. The smallest absolute Gasteiger partial charge is 0.270 e. The van der Waals surface area contributed by atoms with Gasteiger partial charge < -0.3 is 4.90 Å². The predicted molar refractivity (Wildman–Crippen MR) is 146 cm³/mol. The quantitative estimate of drug-likeness (QED) is 0.184. The predicted octanol–water partition coefficient (Wildman–Crippen LogP) is 8.36. The number of amides is 1. The Balaban J connectivity index is 1.66. The number of hydrogen-bond donors (Lipinski definition) is 0. The molecule has 1 aliphatic heterocycles. The number of halogens is 2. The fraction of sp³-hybridized carbons (Fsp3) is 0.222. The molecule has 5 rings (SSSR count). The molecule has 0 saturated carbocycles. The second kappa shape index (κ2) is 8.43. The minimum Gasteiger partial charge on any atom is -0.302 e. The highest BCUT2D eigenvalue weighted by Gasteiger charge is 2.48. The van der Waals surface area contributed by atoms with Gasteiger partial charge in [0.15, 0.2) is 0 Å². The Labute approximate surface area is 220 Å². The van der Waals surface area contributed by atoms with Crippen LogP contribution in [0.4, 0.5) is 11.4 Å². The molecule has 2 heterocycles. The zero-order valence-corrected chi connectivity index (χ0v) is 22.5. The van der Waals surface area contributed by atoms with Crippen LogP contribution >= 0.6 is 38.9 Å². The van der Waals surface area contributed by atoms with Crippen LogP contribution in [0.25, 0.3) is 10.1 Å². The van der Waals surface area contributed by atoms with E-state index in [9.17, 15) is 14.9 Å². The molecule has 8 heteroatoms. The third-order valence-electron chi connectivity index (χ3n) is 6.83. The number of rotatable bonds is 3. The van der Waals surface area contributed by atoms with Gasteiger partial charge in [0.1, 0.15) is 4.88 Å². The molecule has 1 aromatic heterocycles. The van der Waals surface area contributed by atoms with Gasteiger partial charge in [-0.05, 0) is 55.7 Å². The Kier molecular flexibility index (Phi) is 5.78. The summed E-state index contributed by atoms with van der Waals surface area (Å²) >= 11 is 11.4. The van der Waals surface area contributed by atoms with Gasteiger partial charge >= 0.3 is 0 Å². The van der Waals surface area contributed by atoms with Crippen molar-refractivity contribution >= 4 is 66.2 Å². The second-order valence-electron chi connectivity index (χ2n) is 9.67. The van der Waals surface area contributed by atoms with Crippen molar-refractivity contribution < 1.29 is 9.72 Å². The van der Waals surface area contributed by atoms with Crippen LogP contribution in [-0.4, -0.2) is 16.4 Å². The van der Waals surface area contributed by atoms with Crippen molar-refractivity contribution in [2.75, 3.05) is 4.90 Å². The van der Waals surface area contributed by atoms with E-state index in [0.29, 0.717) is 26.4 Å². The van der Waals surface area contributed by atoms with Crippen LogP contribution in [0, 0.1) is 10.1 Å². The molecular formula is C27H22BrClN2O3S. The van der Waals surface area contributed by atoms with Crippen molar-refractivity contribution in [3.05, 3.63) is 102 Å². The van der Waals surface area contributed by atoms with Crippen LogP contribution in [0.1, 0.15) is 48.0 Å². The molecule has 0 fully saturated rings. The van der Waals surface area contributed by atoms with E-state index in [2.05, 4.69) is 54.9 Å². The summed E-state index contributed by atoms with van der Waals surface area (Å²) in [6.07, 6.45) is 0.707. The average molecular weight is 570 g/mol. The summed E-state index contributed by atoms with van der Waals surface area (Å²) in [7, 11) is 0. The summed E-state index contributed by atoms with van der Waals surface area (Å²) < 4.78 is 1.64. The Morgan fingerprint density at radius 3 is 2.46 bits per heavy atom. The number of carbonyl (C=O) groups is 1. The zero-order chi connectivity index (χ0) is 25.1. The molecule has 1 aliphatic rings. The molecule has 0 aliphatic carbocycles. The lowest BCUT2D eigenvalue weighted by molar-refractivity contribution is -0.384. The van der Waals surface area contributed by atoms with Crippen molar-refractivity contribution in [1.82, 2.24) is 0 Å². The van der Waals surface area contributed by atoms with E-state index in [1.165, 1.54) is 29.0 Å². The number of fused-ring (bicyclic) bond motifs is 2. The number of para-hydroxylation sites is 1. The Hall–Kier alpha value is -2.74. The van der Waals surface area contributed by atoms with Crippen molar-refractivity contribution in [1.29, 1.82) is 0 Å². The van der Waals surface area contributed by atoms with Crippen molar-refractivity contribution in [3.63, 3.8) is 0 Å². The highest BCUT2D eigenvalue weighted by molar-refractivity contribution is 9.10.